The Morgan fingerprint density at radius 1 is 0.706 bits per heavy atom. The van der Waals surface area contributed by atoms with E-state index in [-0.39, 0.29) is 17.1 Å². The lowest BCUT2D eigenvalue weighted by molar-refractivity contribution is 0.149. The van der Waals surface area contributed by atoms with Crippen LogP contribution in [0.15, 0.2) is 0 Å². The van der Waals surface area contributed by atoms with Crippen molar-refractivity contribution in [1.82, 2.24) is 0 Å². The molecule has 2 saturated carbocycles. The summed E-state index contributed by atoms with van der Waals surface area (Å²) in [5.41, 5.74) is 19.3. The third-order valence-electron chi connectivity index (χ3n) is 5.19. The zero-order valence-electron chi connectivity index (χ0n) is 11.1. The molecule has 0 radical (unpaired) electrons. The highest BCUT2D eigenvalue weighted by Gasteiger charge is 2.49. The summed E-state index contributed by atoms with van der Waals surface area (Å²) < 4.78 is 0. The molecule has 2 unspecified atom stereocenters. The Labute approximate surface area is 105 Å². The molecule has 2 fully saturated rings. The third-order valence-corrected chi connectivity index (χ3v) is 5.19. The maximum Gasteiger partial charge on any atom is 0.0490 e. The molecule has 0 bridgehead atoms. The van der Waals surface area contributed by atoms with Crippen molar-refractivity contribution in [3.05, 3.63) is 0 Å². The highest BCUT2D eigenvalue weighted by molar-refractivity contribution is 5.13. The van der Waals surface area contributed by atoms with Crippen molar-refractivity contribution in [2.24, 2.45) is 17.2 Å². The Morgan fingerprint density at radius 2 is 1.24 bits per heavy atom. The van der Waals surface area contributed by atoms with Crippen LogP contribution in [0.4, 0.5) is 0 Å². The zero-order valence-corrected chi connectivity index (χ0v) is 11.1. The van der Waals surface area contributed by atoms with E-state index >= 15 is 0 Å². The Kier molecular flexibility index (Phi) is 4.11. The molecule has 0 aromatic rings. The van der Waals surface area contributed by atoms with Gasteiger partial charge >= 0.3 is 0 Å². The lowest BCUT2D eigenvalue weighted by atomic mass is 9.67. The summed E-state index contributed by atoms with van der Waals surface area (Å²) in [6, 6.07) is 0.0908. The second-order valence-corrected chi connectivity index (χ2v) is 6.32. The second kappa shape index (κ2) is 5.25. The van der Waals surface area contributed by atoms with Gasteiger partial charge in [-0.25, -0.2) is 0 Å². The molecule has 100 valence electrons. The van der Waals surface area contributed by atoms with Gasteiger partial charge in [-0.15, -0.1) is 0 Å². The van der Waals surface area contributed by atoms with Gasteiger partial charge < -0.3 is 17.2 Å². The van der Waals surface area contributed by atoms with E-state index in [1.54, 1.807) is 0 Å². The fourth-order valence-corrected chi connectivity index (χ4v) is 3.84. The topological polar surface area (TPSA) is 78.1 Å². The molecule has 6 N–H and O–H groups in total. The summed E-state index contributed by atoms with van der Waals surface area (Å²) in [5, 5.41) is 0. The Bertz CT molecular complexity index is 246. The van der Waals surface area contributed by atoms with Crippen molar-refractivity contribution in [3.8, 4) is 0 Å². The van der Waals surface area contributed by atoms with Gasteiger partial charge in [0, 0.05) is 17.1 Å². The standard InChI is InChI=1S/C14H29N3/c15-12-8-4-3-7-11-14(12,17)13(16)9-5-1-2-6-10-13/h12H,1-11,15-17H2. The first-order valence-electron chi connectivity index (χ1n) is 7.42. The van der Waals surface area contributed by atoms with Crippen molar-refractivity contribution in [2.75, 3.05) is 0 Å². The van der Waals surface area contributed by atoms with E-state index in [0.29, 0.717) is 0 Å². The minimum absolute atomic E-state index is 0.0908. The van der Waals surface area contributed by atoms with E-state index in [2.05, 4.69) is 0 Å². The Hall–Kier alpha value is -0.120. The minimum atomic E-state index is -0.326. The van der Waals surface area contributed by atoms with Crippen LogP contribution in [-0.4, -0.2) is 17.1 Å². The molecular weight excluding hydrogens is 210 g/mol. The van der Waals surface area contributed by atoms with Gasteiger partial charge in [0.1, 0.15) is 0 Å². The van der Waals surface area contributed by atoms with Gasteiger partial charge in [0.05, 0.1) is 0 Å². The normalized spacial score (nSPS) is 39.4. The zero-order chi connectivity index (χ0) is 12.4. The van der Waals surface area contributed by atoms with E-state index in [9.17, 15) is 0 Å². The van der Waals surface area contributed by atoms with Crippen LogP contribution in [0.1, 0.15) is 70.6 Å². The van der Waals surface area contributed by atoms with Gasteiger partial charge in [0.2, 0.25) is 0 Å². The Balaban J connectivity index is 2.20. The van der Waals surface area contributed by atoms with Crippen LogP contribution in [0.3, 0.4) is 0 Å². The smallest absolute Gasteiger partial charge is 0.0490 e. The summed E-state index contributed by atoms with van der Waals surface area (Å²) in [7, 11) is 0. The second-order valence-electron chi connectivity index (χ2n) is 6.32. The van der Waals surface area contributed by atoms with E-state index in [0.717, 1.165) is 25.7 Å². The van der Waals surface area contributed by atoms with Crippen LogP contribution in [0.5, 0.6) is 0 Å². The molecule has 3 heteroatoms. The SMILES string of the molecule is NC1CCCCCC1(N)C1(N)CCCCCC1. The largest absolute Gasteiger partial charge is 0.326 e. The first kappa shape index (κ1) is 13.3. The predicted molar refractivity (Wildman–Crippen MR) is 72.6 cm³/mol. The summed E-state index contributed by atoms with van der Waals surface area (Å²) in [5.74, 6) is 0. The molecule has 0 aromatic heterocycles. The lowest BCUT2D eigenvalue weighted by Crippen LogP contribution is -2.72. The summed E-state index contributed by atoms with van der Waals surface area (Å²) >= 11 is 0. The summed E-state index contributed by atoms with van der Waals surface area (Å²) in [4.78, 5) is 0. The van der Waals surface area contributed by atoms with Gasteiger partial charge in [-0.1, -0.05) is 44.9 Å². The van der Waals surface area contributed by atoms with Gasteiger partial charge in [-0.2, -0.15) is 0 Å². The third kappa shape index (κ3) is 2.51. The van der Waals surface area contributed by atoms with Gasteiger partial charge in [0.25, 0.3) is 0 Å². The van der Waals surface area contributed by atoms with Gasteiger partial charge in [-0.3, -0.25) is 0 Å². The molecule has 2 atom stereocenters. The highest BCUT2D eigenvalue weighted by atomic mass is 15.0. The monoisotopic (exact) mass is 239 g/mol. The quantitative estimate of drug-likeness (QED) is 0.613. The lowest BCUT2D eigenvalue weighted by Gasteiger charge is -2.49. The molecule has 0 saturated heterocycles. The average Bonchev–Trinajstić information content (AvgIpc) is 2.62. The molecule has 17 heavy (non-hydrogen) atoms. The van der Waals surface area contributed by atoms with Crippen LogP contribution in [0, 0.1) is 0 Å². The molecule has 0 heterocycles. The van der Waals surface area contributed by atoms with Crippen molar-refractivity contribution in [1.29, 1.82) is 0 Å². The van der Waals surface area contributed by atoms with E-state index in [1.165, 1.54) is 44.9 Å². The highest BCUT2D eigenvalue weighted by Crippen LogP contribution is 2.39. The molecule has 0 amide bonds. The number of nitrogens with two attached hydrogens (primary N) is 3. The van der Waals surface area contributed by atoms with Crippen LogP contribution in [0.25, 0.3) is 0 Å². The van der Waals surface area contributed by atoms with Crippen LogP contribution in [-0.2, 0) is 0 Å². The van der Waals surface area contributed by atoms with E-state index in [1.807, 2.05) is 0 Å². The van der Waals surface area contributed by atoms with Crippen LogP contribution in [0.2, 0.25) is 0 Å². The molecular formula is C14H29N3. The van der Waals surface area contributed by atoms with E-state index in [4.69, 9.17) is 17.2 Å². The first-order chi connectivity index (χ1) is 8.08. The summed E-state index contributed by atoms with van der Waals surface area (Å²) in [6.07, 6.45) is 13.0. The molecule has 0 aromatic carbocycles. The van der Waals surface area contributed by atoms with Crippen LogP contribution < -0.4 is 17.2 Å². The fraction of sp³-hybridized carbons (Fsp3) is 1.00. The minimum Gasteiger partial charge on any atom is -0.326 e. The van der Waals surface area contributed by atoms with Gasteiger partial charge in [0.15, 0.2) is 0 Å². The number of hydrogen-bond acceptors (Lipinski definition) is 3. The molecule has 2 rings (SSSR count). The fourth-order valence-electron chi connectivity index (χ4n) is 3.84. The van der Waals surface area contributed by atoms with Crippen molar-refractivity contribution < 1.29 is 0 Å². The van der Waals surface area contributed by atoms with Crippen molar-refractivity contribution in [2.45, 2.75) is 87.7 Å². The number of hydrogen-bond donors (Lipinski definition) is 3. The molecule has 2 aliphatic rings. The average molecular weight is 239 g/mol. The van der Waals surface area contributed by atoms with Crippen molar-refractivity contribution in [3.63, 3.8) is 0 Å². The van der Waals surface area contributed by atoms with Crippen LogP contribution >= 0.6 is 0 Å². The molecule has 0 spiro atoms. The first-order valence-corrected chi connectivity index (χ1v) is 7.42. The molecule has 3 nitrogen and oxygen atoms in total. The molecule has 2 aliphatic carbocycles. The Morgan fingerprint density at radius 3 is 1.88 bits per heavy atom. The maximum absolute atomic E-state index is 6.73. The van der Waals surface area contributed by atoms with Crippen molar-refractivity contribution >= 4 is 0 Å². The van der Waals surface area contributed by atoms with E-state index < -0.39 is 0 Å². The number of rotatable bonds is 1. The maximum atomic E-state index is 6.73. The molecule has 0 aliphatic heterocycles. The van der Waals surface area contributed by atoms with Gasteiger partial charge in [-0.05, 0) is 25.7 Å². The summed E-state index contributed by atoms with van der Waals surface area (Å²) in [6.45, 7) is 0. The predicted octanol–water partition coefficient (Wildman–Crippen LogP) is 2.03.